The molecule has 2 N–H and O–H groups in total. The number of benzene rings is 2. The molecule has 0 spiro atoms. The van der Waals surface area contributed by atoms with Gasteiger partial charge in [0.25, 0.3) is 5.91 Å². The predicted octanol–water partition coefficient (Wildman–Crippen LogP) is 2.13. The third kappa shape index (κ3) is 3.30. The van der Waals surface area contributed by atoms with Crippen molar-refractivity contribution in [2.45, 2.75) is 6.92 Å². The van der Waals surface area contributed by atoms with Crippen molar-refractivity contribution in [2.24, 2.45) is 5.10 Å². The van der Waals surface area contributed by atoms with Gasteiger partial charge in [-0.3, -0.25) is 4.79 Å². The lowest BCUT2D eigenvalue weighted by Crippen LogP contribution is -2.19. The highest BCUT2D eigenvalue weighted by Gasteiger charge is 2.09. The van der Waals surface area contributed by atoms with Crippen molar-refractivity contribution in [2.75, 3.05) is 0 Å². The van der Waals surface area contributed by atoms with Gasteiger partial charge in [0.15, 0.2) is 0 Å². The van der Waals surface area contributed by atoms with Crippen molar-refractivity contribution >= 4 is 11.6 Å². The third-order valence-electron chi connectivity index (χ3n) is 3.44. The molecule has 0 aliphatic carbocycles. The molecule has 0 saturated heterocycles. The number of carbonyl (C=O) groups is 1. The summed E-state index contributed by atoms with van der Waals surface area (Å²) in [7, 11) is 0. The van der Waals surface area contributed by atoms with Crippen molar-refractivity contribution in [3.8, 4) is 11.4 Å². The smallest absolute Gasteiger partial charge is 0.275 e. The van der Waals surface area contributed by atoms with Crippen LogP contribution < -0.4 is 5.43 Å². The van der Waals surface area contributed by atoms with E-state index in [2.05, 4.69) is 20.6 Å². The summed E-state index contributed by atoms with van der Waals surface area (Å²) in [6.07, 6.45) is 3.08. The summed E-state index contributed by atoms with van der Waals surface area (Å²) in [6, 6.07) is 13.8. The number of hydrogen-bond donors (Lipinski definition) is 2. The summed E-state index contributed by atoms with van der Waals surface area (Å²) >= 11 is 0. The molecule has 0 bridgehead atoms. The largest absolute Gasteiger partial charge is 0.507 e. The minimum absolute atomic E-state index is 0.0833. The standard InChI is InChI=1S/C17H15N5O2/c1-12(20-21-17(24)15-4-2-3-5-16(15)23)13-6-8-14(9-7-13)22-11-18-10-19-22/h2-11,23H,1H3,(H,21,24)/b20-12+. The number of nitrogens with zero attached hydrogens (tertiary/aromatic N) is 4. The van der Waals surface area contributed by atoms with E-state index >= 15 is 0 Å². The minimum atomic E-state index is -0.466. The number of hydrogen-bond acceptors (Lipinski definition) is 5. The van der Waals surface area contributed by atoms with Crippen LogP contribution in [-0.2, 0) is 0 Å². The highest BCUT2D eigenvalue weighted by atomic mass is 16.3. The van der Waals surface area contributed by atoms with E-state index in [4.69, 9.17) is 0 Å². The zero-order valence-corrected chi connectivity index (χ0v) is 12.9. The van der Waals surface area contributed by atoms with Gasteiger partial charge in [-0.05, 0) is 36.8 Å². The first-order valence-corrected chi connectivity index (χ1v) is 7.23. The average Bonchev–Trinajstić information content (AvgIpc) is 3.14. The molecule has 0 fully saturated rings. The van der Waals surface area contributed by atoms with Crippen LogP contribution in [-0.4, -0.2) is 31.5 Å². The lowest BCUT2D eigenvalue weighted by atomic mass is 10.1. The van der Waals surface area contributed by atoms with E-state index in [9.17, 15) is 9.90 Å². The number of aromatic hydroxyl groups is 1. The van der Waals surface area contributed by atoms with Gasteiger partial charge in [-0.1, -0.05) is 24.3 Å². The fourth-order valence-electron chi connectivity index (χ4n) is 2.12. The van der Waals surface area contributed by atoms with Crippen molar-refractivity contribution in [3.63, 3.8) is 0 Å². The normalized spacial score (nSPS) is 11.3. The molecule has 3 rings (SSSR count). The third-order valence-corrected chi connectivity index (χ3v) is 3.44. The number of rotatable bonds is 4. The maximum Gasteiger partial charge on any atom is 0.275 e. The van der Waals surface area contributed by atoms with Gasteiger partial charge in [-0.25, -0.2) is 15.1 Å². The monoisotopic (exact) mass is 321 g/mol. The van der Waals surface area contributed by atoms with Crippen LogP contribution in [0.4, 0.5) is 0 Å². The molecular formula is C17H15N5O2. The Balaban J connectivity index is 1.72. The number of hydrazone groups is 1. The Morgan fingerprint density at radius 2 is 1.92 bits per heavy atom. The molecule has 0 saturated carbocycles. The quantitative estimate of drug-likeness (QED) is 0.569. The van der Waals surface area contributed by atoms with E-state index < -0.39 is 5.91 Å². The summed E-state index contributed by atoms with van der Waals surface area (Å²) in [5.41, 5.74) is 5.00. The molecule has 0 aliphatic heterocycles. The van der Waals surface area contributed by atoms with Crippen molar-refractivity contribution < 1.29 is 9.90 Å². The molecule has 7 heteroatoms. The minimum Gasteiger partial charge on any atom is -0.507 e. The van der Waals surface area contributed by atoms with E-state index in [1.54, 1.807) is 30.1 Å². The molecule has 0 radical (unpaired) electrons. The van der Waals surface area contributed by atoms with Gasteiger partial charge in [0, 0.05) is 0 Å². The van der Waals surface area contributed by atoms with Gasteiger partial charge in [-0.2, -0.15) is 10.2 Å². The van der Waals surface area contributed by atoms with E-state index in [0.29, 0.717) is 5.71 Å². The fourth-order valence-corrected chi connectivity index (χ4v) is 2.12. The van der Waals surface area contributed by atoms with Crippen LogP contribution in [0, 0.1) is 0 Å². The summed E-state index contributed by atoms with van der Waals surface area (Å²) in [4.78, 5) is 15.9. The SMILES string of the molecule is C/C(=N\NC(=O)c1ccccc1O)c1ccc(-n2cncn2)cc1. The maximum atomic E-state index is 12.0. The molecular weight excluding hydrogens is 306 g/mol. The number of para-hydroxylation sites is 1. The zero-order valence-electron chi connectivity index (χ0n) is 12.9. The van der Waals surface area contributed by atoms with Gasteiger partial charge in [-0.15, -0.1) is 0 Å². The maximum absolute atomic E-state index is 12.0. The number of phenolic OH excluding ortho intramolecular Hbond substituents is 1. The lowest BCUT2D eigenvalue weighted by Gasteiger charge is -2.05. The van der Waals surface area contributed by atoms with Crippen molar-refractivity contribution in [1.29, 1.82) is 0 Å². The Bertz CT molecular complexity index is 870. The molecule has 2 aromatic carbocycles. The Kier molecular flexibility index (Phi) is 4.33. The van der Waals surface area contributed by atoms with Crippen molar-refractivity contribution in [1.82, 2.24) is 20.2 Å². The molecule has 24 heavy (non-hydrogen) atoms. The number of carbonyl (C=O) groups excluding carboxylic acids is 1. The number of phenols is 1. The van der Waals surface area contributed by atoms with Crippen LogP contribution in [0.25, 0.3) is 5.69 Å². The first-order valence-electron chi connectivity index (χ1n) is 7.23. The van der Waals surface area contributed by atoms with E-state index in [1.165, 1.54) is 18.5 Å². The van der Waals surface area contributed by atoms with Crippen LogP contribution in [0.15, 0.2) is 66.3 Å². The predicted molar refractivity (Wildman–Crippen MR) is 89.1 cm³/mol. The first kappa shape index (κ1) is 15.4. The van der Waals surface area contributed by atoms with Crippen LogP contribution in [0.3, 0.4) is 0 Å². The molecule has 1 heterocycles. The van der Waals surface area contributed by atoms with Gasteiger partial charge in [0.2, 0.25) is 0 Å². The lowest BCUT2D eigenvalue weighted by molar-refractivity contribution is 0.0952. The topological polar surface area (TPSA) is 92.4 Å². The van der Waals surface area contributed by atoms with Gasteiger partial charge >= 0.3 is 0 Å². The Morgan fingerprint density at radius 1 is 1.17 bits per heavy atom. The Hall–Kier alpha value is -3.48. The Morgan fingerprint density at radius 3 is 2.58 bits per heavy atom. The number of amides is 1. The molecule has 0 unspecified atom stereocenters. The van der Waals surface area contributed by atoms with Crippen LogP contribution in [0.5, 0.6) is 5.75 Å². The first-order chi connectivity index (χ1) is 11.6. The van der Waals surface area contributed by atoms with E-state index in [1.807, 2.05) is 24.3 Å². The average molecular weight is 321 g/mol. The molecule has 7 nitrogen and oxygen atoms in total. The second kappa shape index (κ2) is 6.74. The molecule has 0 aliphatic rings. The Labute approximate surface area is 138 Å². The molecule has 1 aromatic heterocycles. The molecule has 0 atom stereocenters. The van der Waals surface area contributed by atoms with Crippen molar-refractivity contribution in [3.05, 3.63) is 72.3 Å². The summed E-state index contributed by atoms with van der Waals surface area (Å²) in [6.45, 7) is 1.79. The number of nitrogens with one attached hydrogen (secondary N) is 1. The summed E-state index contributed by atoms with van der Waals surface area (Å²) in [5, 5.41) is 17.8. The summed E-state index contributed by atoms with van der Waals surface area (Å²) in [5.74, 6) is -0.549. The van der Waals surface area contributed by atoms with Crippen LogP contribution in [0.2, 0.25) is 0 Å². The molecule has 1 amide bonds. The number of aromatic nitrogens is 3. The fraction of sp³-hybridized carbons (Fsp3) is 0.0588. The van der Waals surface area contributed by atoms with E-state index in [0.717, 1.165) is 11.3 Å². The van der Waals surface area contributed by atoms with Gasteiger partial charge in [0.05, 0.1) is 17.0 Å². The van der Waals surface area contributed by atoms with Crippen LogP contribution in [0.1, 0.15) is 22.8 Å². The molecule has 3 aromatic rings. The highest BCUT2D eigenvalue weighted by Crippen LogP contribution is 2.15. The van der Waals surface area contributed by atoms with E-state index in [-0.39, 0.29) is 11.3 Å². The van der Waals surface area contributed by atoms with Gasteiger partial charge < -0.3 is 5.11 Å². The second-order valence-electron chi connectivity index (χ2n) is 5.04. The van der Waals surface area contributed by atoms with Gasteiger partial charge in [0.1, 0.15) is 18.4 Å². The zero-order chi connectivity index (χ0) is 16.9. The van der Waals surface area contributed by atoms with Crippen LogP contribution >= 0.6 is 0 Å². The summed E-state index contributed by atoms with van der Waals surface area (Å²) < 4.78 is 1.65. The molecule has 120 valence electrons. The highest BCUT2D eigenvalue weighted by molar-refractivity contribution is 6.01. The second-order valence-corrected chi connectivity index (χ2v) is 5.04.